The van der Waals surface area contributed by atoms with Gasteiger partial charge >= 0.3 is 0 Å². The summed E-state index contributed by atoms with van der Waals surface area (Å²) in [5.74, 6) is -0.523. The number of aromatic nitrogens is 2. The quantitative estimate of drug-likeness (QED) is 0.907. The number of piperazine rings is 1. The van der Waals surface area contributed by atoms with Gasteiger partial charge in [-0.15, -0.1) is 0 Å². The number of nitrogens with one attached hydrogen (secondary N) is 1. The first kappa shape index (κ1) is 13.5. The van der Waals surface area contributed by atoms with Gasteiger partial charge in [0.1, 0.15) is 11.2 Å². The molecule has 116 valence electrons. The summed E-state index contributed by atoms with van der Waals surface area (Å²) in [4.78, 5) is 16.9. The maximum absolute atomic E-state index is 14.2. The third-order valence-electron chi connectivity index (χ3n) is 4.84. The molecule has 0 radical (unpaired) electrons. The van der Waals surface area contributed by atoms with Gasteiger partial charge in [-0.1, -0.05) is 0 Å². The fourth-order valence-corrected chi connectivity index (χ4v) is 3.61. The van der Waals surface area contributed by atoms with Gasteiger partial charge in [-0.3, -0.25) is 14.8 Å². The predicted molar refractivity (Wildman–Crippen MR) is 78.5 cm³/mol. The van der Waals surface area contributed by atoms with Crippen molar-refractivity contribution >= 4 is 16.8 Å². The fraction of sp³-hybridized carbons (Fsp3) is 0.467. The molecule has 1 aromatic carbocycles. The van der Waals surface area contributed by atoms with E-state index in [9.17, 15) is 9.18 Å². The number of aromatic amines is 1. The molecule has 1 amide bonds. The Bertz CT molecular complexity index is 757. The molecule has 3 heterocycles. The number of likely N-dealkylation sites (tertiary alicyclic amines) is 2. The number of methoxy groups -OCH3 is 1. The number of hydrogen-bond acceptors (Lipinski definition) is 4. The average molecular weight is 304 g/mol. The Morgan fingerprint density at radius 2 is 2.23 bits per heavy atom. The highest BCUT2D eigenvalue weighted by Gasteiger charge is 2.44. The summed E-state index contributed by atoms with van der Waals surface area (Å²) in [6.45, 7) is 1.61. The van der Waals surface area contributed by atoms with Crippen LogP contribution in [0.3, 0.4) is 0 Å². The van der Waals surface area contributed by atoms with Crippen molar-refractivity contribution < 1.29 is 13.9 Å². The predicted octanol–water partition coefficient (Wildman–Crippen LogP) is 1.24. The summed E-state index contributed by atoms with van der Waals surface area (Å²) in [5.41, 5.74) is 0.496. The van der Waals surface area contributed by atoms with Crippen LogP contribution in [0, 0.1) is 5.82 Å². The summed E-state index contributed by atoms with van der Waals surface area (Å²) >= 11 is 0. The van der Waals surface area contributed by atoms with Gasteiger partial charge in [0.25, 0.3) is 5.91 Å². The SMILES string of the molecule is COc1ccc2c(C(=O)N3CC4CC3CN4C)[nH]nc2c1F. The Morgan fingerprint density at radius 1 is 1.41 bits per heavy atom. The Kier molecular flexibility index (Phi) is 2.87. The maximum atomic E-state index is 14.2. The molecular formula is C15H17FN4O2. The van der Waals surface area contributed by atoms with Crippen molar-refractivity contribution in [3.05, 3.63) is 23.6 Å². The van der Waals surface area contributed by atoms with Crippen LogP contribution in [-0.2, 0) is 0 Å². The first-order valence-corrected chi connectivity index (χ1v) is 7.32. The first-order chi connectivity index (χ1) is 10.6. The van der Waals surface area contributed by atoms with Crippen molar-refractivity contribution in [2.75, 3.05) is 27.2 Å². The van der Waals surface area contributed by atoms with Crippen LogP contribution in [0.25, 0.3) is 10.9 Å². The molecule has 2 aliphatic heterocycles. The number of ether oxygens (including phenoxy) is 1. The highest BCUT2D eigenvalue weighted by molar-refractivity contribution is 6.05. The normalized spacial score (nSPS) is 24.4. The molecule has 0 aliphatic carbocycles. The largest absolute Gasteiger partial charge is 0.494 e. The molecule has 2 saturated heterocycles. The van der Waals surface area contributed by atoms with Crippen LogP contribution in [0.1, 0.15) is 16.9 Å². The van der Waals surface area contributed by atoms with Crippen molar-refractivity contribution in [3.8, 4) is 5.75 Å². The van der Waals surface area contributed by atoms with E-state index in [1.807, 2.05) is 4.90 Å². The Balaban J connectivity index is 1.70. The van der Waals surface area contributed by atoms with E-state index in [1.54, 1.807) is 6.07 Å². The van der Waals surface area contributed by atoms with Crippen molar-refractivity contribution in [2.45, 2.75) is 18.5 Å². The molecule has 2 fully saturated rings. The van der Waals surface area contributed by atoms with Crippen LogP contribution >= 0.6 is 0 Å². The van der Waals surface area contributed by atoms with E-state index in [4.69, 9.17) is 4.74 Å². The summed E-state index contributed by atoms with van der Waals surface area (Å²) in [6.07, 6.45) is 1.01. The number of benzene rings is 1. The van der Waals surface area contributed by atoms with Crippen LogP contribution in [-0.4, -0.2) is 65.2 Å². The van der Waals surface area contributed by atoms with Gasteiger partial charge in [0.05, 0.1) is 7.11 Å². The van der Waals surface area contributed by atoms with Gasteiger partial charge in [-0.2, -0.15) is 5.10 Å². The third-order valence-corrected chi connectivity index (χ3v) is 4.84. The lowest BCUT2D eigenvalue weighted by molar-refractivity contribution is 0.0646. The molecule has 7 heteroatoms. The van der Waals surface area contributed by atoms with Crippen LogP contribution < -0.4 is 4.74 Å². The number of carbonyl (C=O) groups excluding carboxylic acids is 1. The second kappa shape index (κ2) is 4.67. The number of carbonyl (C=O) groups is 1. The maximum Gasteiger partial charge on any atom is 0.272 e. The van der Waals surface area contributed by atoms with Crippen molar-refractivity contribution in [1.29, 1.82) is 0 Å². The third kappa shape index (κ3) is 1.75. The van der Waals surface area contributed by atoms with E-state index < -0.39 is 5.82 Å². The standard InChI is InChI=1S/C15H17FN4O2/c1-19-6-9-5-8(19)7-20(9)15(21)14-10-3-4-11(22-2)12(16)13(10)17-18-14/h3-4,8-9H,5-7H2,1-2H3,(H,17,18). The van der Waals surface area contributed by atoms with E-state index in [0.29, 0.717) is 17.1 Å². The highest BCUT2D eigenvalue weighted by atomic mass is 19.1. The zero-order valence-electron chi connectivity index (χ0n) is 12.5. The second-order valence-electron chi connectivity index (χ2n) is 6.02. The summed E-state index contributed by atoms with van der Waals surface area (Å²) in [7, 11) is 3.49. The molecule has 2 aromatic rings. The molecule has 6 nitrogen and oxygen atoms in total. The average Bonchev–Trinajstić information content (AvgIpc) is 3.19. The molecule has 1 N–H and O–H groups in total. The van der Waals surface area contributed by atoms with Gasteiger partial charge in [0.15, 0.2) is 11.6 Å². The van der Waals surface area contributed by atoms with Gasteiger partial charge in [0.2, 0.25) is 0 Å². The van der Waals surface area contributed by atoms with E-state index in [1.165, 1.54) is 13.2 Å². The minimum Gasteiger partial charge on any atom is -0.494 e. The van der Waals surface area contributed by atoms with E-state index in [-0.39, 0.29) is 23.2 Å². The van der Waals surface area contributed by atoms with Crippen LogP contribution in [0.15, 0.2) is 12.1 Å². The zero-order chi connectivity index (χ0) is 15.4. The van der Waals surface area contributed by atoms with Gasteiger partial charge in [0, 0.05) is 30.6 Å². The van der Waals surface area contributed by atoms with E-state index in [2.05, 4.69) is 22.1 Å². The number of H-pyrrole nitrogens is 1. The first-order valence-electron chi connectivity index (χ1n) is 7.32. The number of hydrogen-bond donors (Lipinski definition) is 1. The van der Waals surface area contributed by atoms with E-state index >= 15 is 0 Å². The molecule has 2 bridgehead atoms. The fourth-order valence-electron chi connectivity index (χ4n) is 3.61. The Morgan fingerprint density at radius 3 is 2.86 bits per heavy atom. The molecule has 0 spiro atoms. The lowest BCUT2D eigenvalue weighted by Gasteiger charge is -2.31. The second-order valence-corrected chi connectivity index (χ2v) is 6.02. The number of fused-ring (bicyclic) bond motifs is 3. The van der Waals surface area contributed by atoms with Crippen LogP contribution in [0.2, 0.25) is 0 Å². The van der Waals surface area contributed by atoms with Gasteiger partial charge in [-0.05, 0) is 25.6 Å². The molecule has 0 saturated carbocycles. The minimum absolute atomic E-state index is 0.104. The number of halogens is 1. The molecule has 2 aliphatic rings. The van der Waals surface area contributed by atoms with Gasteiger partial charge < -0.3 is 9.64 Å². The summed E-state index contributed by atoms with van der Waals surface area (Å²) in [6, 6.07) is 3.87. The molecule has 22 heavy (non-hydrogen) atoms. The smallest absolute Gasteiger partial charge is 0.272 e. The number of rotatable bonds is 2. The number of amides is 1. The zero-order valence-corrected chi connectivity index (χ0v) is 12.5. The minimum atomic E-state index is -0.544. The monoisotopic (exact) mass is 304 g/mol. The topological polar surface area (TPSA) is 61.5 Å². The van der Waals surface area contributed by atoms with E-state index in [0.717, 1.165) is 19.5 Å². The number of nitrogens with zero attached hydrogens (tertiary/aromatic N) is 3. The lowest BCUT2D eigenvalue weighted by Crippen LogP contribution is -2.47. The number of likely N-dealkylation sites (N-methyl/N-ethyl adjacent to an activating group) is 1. The lowest BCUT2D eigenvalue weighted by atomic mass is 10.1. The van der Waals surface area contributed by atoms with Crippen molar-refractivity contribution in [3.63, 3.8) is 0 Å². The Hall–Kier alpha value is -2.15. The van der Waals surface area contributed by atoms with Crippen molar-refractivity contribution in [1.82, 2.24) is 20.0 Å². The molecular weight excluding hydrogens is 287 g/mol. The van der Waals surface area contributed by atoms with Crippen LogP contribution in [0.5, 0.6) is 5.75 Å². The van der Waals surface area contributed by atoms with Crippen molar-refractivity contribution in [2.24, 2.45) is 0 Å². The summed E-state index contributed by atoms with van der Waals surface area (Å²) < 4.78 is 19.1. The molecule has 2 atom stereocenters. The molecule has 4 rings (SSSR count). The van der Waals surface area contributed by atoms with Gasteiger partial charge in [-0.25, -0.2) is 4.39 Å². The highest BCUT2D eigenvalue weighted by Crippen LogP contribution is 2.32. The summed E-state index contributed by atoms with van der Waals surface area (Å²) in [5, 5.41) is 7.16. The Labute approximate surface area is 126 Å². The van der Waals surface area contributed by atoms with Crippen LogP contribution in [0.4, 0.5) is 4.39 Å². The molecule has 1 aromatic heterocycles. The molecule has 2 unspecified atom stereocenters.